The Morgan fingerprint density at radius 2 is 1.86 bits per heavy atom. The number of aromatic hydroxyl groups is 1. The number of thioether (sulfide) groups is 1. The van der Waals surface area contributed by atoms with Crippen molar-refractivity contribution in [1.29, 1.82) is 0 Å². The summed E-state index contributed by atoms with van der Waals surface area (Å²) in [4.78, 5) is 5.17. The number of phenolic OH excluding ortho intramolecular Hbond substituents is 1. The van der Waals surface area contributed by atoms with Crippen LogP contribution in [0.25, 0.3) is 11.4 Å². The maximum absolute atomic E-state index is 9.71. The molecule has 0 saturated carbocycles. The summed E-state index contributed by atoms with van der Waals surface area (Å²) in [7, 11) is 0. The highest BCUT2D eigenvalue weighted by Gasteiger charge is 2.10. The van der Waals surface area contributed by atoms with E-state index in [9.17, 15) is 5.11 Å². The van der Waals surface area contributed by atoms with Crippen molar-refractivity contribution in [3.05, 3.63) is 60.0 Å². The molecule has 3 rings (SSSR count). The van der Waals surface area contributed by atoms with Crippen molar-refractivity contribution in [1.82, 2.24) is 10.1 Å². The van der Waals surface area contributed by atoms with Crippen LogP contribution in [0.4, 0.5) is 0 Å². The zero-order valence-electron chi connectivity index (χ0n) is 11.5. The quantitative estimate of drug-likeness (QED) is 0.736. The molecule has 5 heteroatoms. The van der Waals surface area contributed by atoms with Gasteiger partial charge >= 0.3 is 0 Å². The van der Waals surface area contributed by atoms with Crippen LogP contribution in [-0.2, 0) is 5.75 Å². The molecule has 0 amide bonds. The van der Waals surface area contributed by atoms with Gasteiger partial charge in [-0.15, -0.1) is 11.8 Å². The predicted octanol–water partition coefficient (Wildman–Crippen LogP) is 4.04. The van der Waals surface area contributed by atoms with E-state index in [0.29, 0.717) is 17.5 Å². The largest absolute Gasteiger partial charge is 0.507 e. The van der Waals surface area contributed by atoms with E-state index in [1.54, 1.807) is 12.1 Å². The number of nitrogens with zero attached hydrogens (tertiary/aromatic N) is 2. The summed E-state index contributed by atoms with van der Waals surface area (Å²) in [6, 6.07) is 15.2. The zero-order chi connectivity index (χ0) is 14.7. The molecule has 2 aromatic carbocycles. The topological polar surface area (TPSA) is 59.2 Å². The molecule has 4 nitrogen and oxygen atoms in total. The molecule has 0 spiro atoms. The van der Waals surface area contributed by atoms with Crippen LogP contribution in [0.3, 0.4) is 0 Å². The molecule has 0 fully saturated rings. The van der Waals surface area contributed by atoms with Gasteiger partial charge in [0.25, 0.3) is 0 Å². The molecule has 0 aliphatic heterocycles. The van der Waals surface area contributed by atoms with Crippen LogP contribution in [0, 0.1) is 6.92 Å². The number of rotatable bonds is 4. The Morgan fingerprint density at radius 1 is 1.10 bits per heavy atom. The highest BCUT2D eigenvalue weighted by atomic mass is 32.2. The van der Waals surface area contributed by atoms with Crippen molar-refractivity contribution in [2.45, 2.75) is 17.6 Å². The number of benzene rings is 2. The Morgan fingerprint density at radius 3 is 2.62 bits per heavy atom. The van der Waals surface area contributed by atoms with E-state index in [-0.39, 0.29) is 5.75 Å². The minimum absolute atomic E-state index is 0.265. The van der Waals surface area contributed by atoms with Crippen molar-refractivity contribution in [2.75, 3.05) is 0 Å². The molecule has 1 heterocycles. The van der Waals surface area contributed by atoms with E-state index in [4.69, 9.17) is 4.52 Å². The second kappa shape index (κ2) is 6.01. The Hall–Kier alpha value is -2.27. The van der Waals surface area contributed by atoms with E-state index < -0.39 is 0 Å². The maximum atomic E-state index is 9.71. The van der Waals surface area contributed by atoms with Gasteiger partial charge in [-0.2, -0.15) is 4.98 Å². The lowest BCUT2D eigenvalue weighted by Crippen LogP contribution is -1.83. The highest BCUT2D eigenvalue weighted by Crippen LogP contribution is 2.30. The minimum atomic E-state index is 0.265. The lowest BCUT2D eigenvalue weighted by molar-refractivity contribution is 0.391. The van der Waals surface area contributed by atoms with E-state index in [1.165, 1.54) is 17.3 Å². The first-order valence-electron chi connectivity index (χ1n) is 6.53. The Labute approximate surface area is 126 Å². The Bertz CT molecular complexity index is 738. The first-order valence-corrected chi connectivity index (χ1v) is 7.51. The lowest BCUT2D eigenvalue weighted by atomic mass is 10.1. The van der Waals surface area contributed by atoms with Gasteiger partial charge in [0.15, 0.2) is 0 Å². The van der Waals surface area contributed by atoms with Gasteiger partial charge in [0.2, 0.25) is 11.7 Å². The molecular weight excluding hydrogens is 284 g/mol. The summed E-state index contributed by atoms with van der Waals surface area (Å²) >= 11 is 1.46. The number of phenols is 1. The van der Waals surface area contributed by atoms with Crippen molar-refractivity contribution >= 4 is 11.8 Å². The molecule has 106 valence electrons. The summed E-state index contributed by atoms with van der Waals surface area (Å²) < 4.78 is 5.25. The van der Waals surface area contributed by atoms with Gasteiger partial charge in [0, 0.05) is 10.5 Å². The summed E-state index contributed by atoms with van der Waals surface area (Å²) in [5.74, 6) is 1.92. The number of aryl methyl sites for hydroxylation is 1. The molecule has 0 saturated heterocycles. The molecule has 0 radical (unpaired) electrons. The molecule has 1 aromatic heterocycles. The van der Waals surface area contributed by atoms with Crippen LogP contribution in [-0.4, -0.2) is 15.2 Å². The van der Waals surface area contributed by atoms with Gasteiger partial charge < -0.3 is 9.63 Å². The van der Waals surface area contributed by atoms with Crippen LogP contribution in [0.2, 0.25) is 0 Å². The second-order valence-electron chi connectivity index (χ2n) is 4.63. The van der Waals surface area contributed by atoms with Crippen LogP contribution >= 0.6 is 11.8 Å². The van der Waals surface area contributed by atoms with E-state index in [2.05, 4.69) is 10.1 Å². The van der Waals surface area contributed by atoms with Gasteiger partial charge in [-0.05, 0) is 19.1 Å². The molecule has 1 N–H and O–H groups in total. The number of hydrogen-bond acceptors (Lipinski definition) is 5. The molecule has 0 unspecified atom stereocenters. The van der Waals surface area contributed by atoms with Crippen LogP contribution in [0.1, 0.15) is 11.5 Å². The molecule has 0 atom stereocenters. The van der Waals surface area contributed by atoms with Crippen molar-refractivity contribution in [3.8, 4) is 17.1 Å². The van der Waals surface area contributed by atoms with Gasteiger partial charge in [-0.1, -0.05) is 47.1 Å². The van der Waals surface area contributed by atoms with Crippen molar-refractivity contribution in [3.63, 3.8) is 0 Å². The summed E-state index contributed by atoms with van der Waals surface area (Å²) in [5.41, 5.74) is 2.13. The maximum Gasteiger partial charge on any atom is 0.237 e. The Kier molecular flexibility index (Phi) is 3.92. The molecule has 0 aliphatic rings. The van der Waals surface area contributed by atoms with Gasteiger partial charge in [0.1, 0.15) is 5.75 Å². The second-order valence-corrected chi connectivity index (χ2v) is 5.65. The third-order valence-corrected chi connectivity index (χ3v) is 4.04. The standard InChI is InChI=1S/C16H14N2O2S/c1-11-6-8-12(9-7-11)16-17-15(20-18-16)10-21-14-5-3-2-4-13(14)19/h2-9,19H,10H2,1H3. The zero-order valence-corrected chi connectivity index (χ0v) is 12.3. The Balaban J connectivity index is 1.71. The lowest BCUT2D eigenvalue weighted by Gasteiger charge is -2.00. The van der Waals surface area contributed by atoms with Crippen molar-refractivity contribution < 1.29 is 9.63 Å². The normalized spacial score (nSPS) is 10.7. The minimum Gasteiger partial charge on any atom is -0.507 e. The monoisotopic (exact) mass is 298 g/mol. The van der Waals surface area contributed by atoms with E-state index in [0.717, 1.165) is 10.5 Å². The molecule has 0 bridgehead atoms. The van der Waals surface area contributed by atoms with Gasteiger partial charge in [-0.25, -0.2) is 0 Å². The molecule has 0 aliphatic carbocycles. The number of hydrogen-bond donors (Lipinski definition) is 1. The van der Waals surface area contributed by atoms with E-state index in [1.807, 2.05) is 43.3 Å². The SMILES string of the molecule is Cc1ccc(-c2noc(CSc3ccccc3O)n2)cc1. The van der Waals surface area contributed by atoms with Crippen LogP contribution < -0.4 is 0 Å². The van der Waals surface area contributed by atoms with Crippen molar-refractivity contribution in [2.24, 2.45) is 0 Å². The number of para-hydroxylation sites is 1. The summed E-state index contributed by atoms with van der Waals surface area (Å²) in [5, 5.41) is 13.7. The average molecular weight is 298 g/mol. The van der Waals surface area contributed by atoms with Crippen LogP contribution in [0.15, 0.2) is 57.9 Å². The van der Waals surface area contributed by atoms with Crippen LogP contribution in [0.5, 0.6) is 5.75 Å². The van der Waals surface area contributed by atoms with Gasteiger partial charge in [-0.3, -0.25) is 0 Å². The first kappa shape index (κ1) is 13.7. The third kappa shape index (κ3) is 3.25. The average Bonchev–Trinajstić information content (AvgIpc) is 2.96. The summed E-state index contributed by atoms with van der Waals surface area (Å²) in [6.45, 7) is 2.04. The highest BCUT2D eigenvalue weighted by molar-refractivity contribution is 7.98. The van der Waals surface area contributed by atoms with Gasteiger partial charge in [0.05, 0.1) is 5.75 Å². The fourth-order valence-corrected chi connectivity index (χ4v) is 2.64. The summed E-state index contributed by atoms with van der Waals surface area (Å²) in [6.07, 6.45) is 0. The predicted molar refractivity (Wildman–Crippen MR) is 82.1 cm³/mol. The molecule has 21 heavy (non-hydrogen) atoms. The number of aromatic nitrogens is 2. The van der Waals surface area contributed by atoms with E-state index >= 15 is 0 Å². The first-order chi connectivity index (χ1) is 10.2. The smallest absolute Gasteiger partial charge is 0.237 e. The molecule has 3 aromatic rings. The third-order valence-electron chi connectivity index (χ3n) is 2.99. The molecular formula is C16H14N2O2S. The fraction of sp³-hybridized carbons (Fsp3) is 0.125. The fourth-order valence-electron chi connectivity index (χ4n) is 1.85.